The Balaban J connectivity index is 3.48. The number of nitriles is 1. The molecule has 1 aromatic rings. The second-order valence-electron chi connectivity index (χ2n) is 3.91. The highest BCUT2D eigenvalue weighted by Gasteiger charge is 2.14. The van der Waals surface area contributed by atoms with Crippen LogP contribution in [0.5, 0.6) is 0 Å². The van der Waals surface area contributed by atoms with Crippen LogP contribution in [-0.4, -0.2) is 34.4 Å². The summed E-state index contributed by atoms with van der Waals surface area (Å²) in [6, 6.07) is 6.35. The molecule has 4 heteroatoms. The Bertz CT molecular complexity index is 419. The van der Waals surface area contributed by atoms with Gasteiger partial charge in [-0.25, -0.2) is 0 Å². The molecule has 0 heterocycles. The second-order valence-corrected chi connectivity index (χ2v) is 4.73. The molecule has 0 N–H and O–H groups in total. The smallest absolute Gasteiger partial charge is 0.103 e. The predicted octanol–water partition coefficient (Wildman–Crippen LogP) is 2.41. The van der Waals surface area contributed by atoms with Gasteiger partial charge in [0.25, 0.3) is 0 Å². The fraction of sp³-hybridized carbons (Fsp3) is 0.417. The summed E-state index contributed by atoms with van der Waals surface area (Å²) in [5.74, 6) is 0. The highest BCUT2D eigenvalue weighted by Crippen LogP contribution is 2.36. The highest BCUT2D eigenvalue weighted by molar-refractivity contribution is 7.98. The molecule has 0 atom stereocenters. The zero-order valence-electron chi connectivity index (χ0n) is 10.4. The van der Waals surface area contributed by atoms with Crippen molar-refractivity contribution in [3.05, 3.63) is 17.7 Å². The van der Waals surface area contributed by atoms with E-state index in [9.17, 15) is 5.26 Å². The average Bonchev–Trinajstić information content (AvgIpc) is 2.26. The van der Waals surface area contributed by atoms with Gasteiger partial charge in [0.15, 0.2) is 0 Å². The van der Waals surface area contributed by atoms with E-state index >= 15 is 0 Å². The lowest BCUT2D eigenvalue weighted by atomic mass is 10.1. The molecule has 0 aliphatic carbocycles. The van der Waals surface area contributed by atoms with Gasteiger partial charge in [0, 0.05) is 28.2 Å². The van der Waals surface area contributed by atoms with Crippen LogP contribution in [0, 0.1) is 11.3 Å². The van der Waals surface area contributed by atoms with Crippen LogP contribution < -0.4 is 9.80 Å². The average molecular weight is 235 g/mol. The molecule has 0 aromatic heterocycles. The van der Waals surface area contributed by atoms with Gasteiger partial charge in [0.2, 0.25) is 0 Å². The minimum atomic E-state index is 0.753. The lowest BCUT2D eigenvalue weighted by Crippen LogP contribution is -2.14. The molecule has 0 aliphatic heterocycles. The van der Waals surface area contributed by atoms with Crippen molar-refractivity contribution in [3.63, 3.8) is 0 Å². The number of benzene rings is 1. The van der Waals surface area contributed by atoms with E-state index < -0.39 is 0 Å². The van der Waals surface area contributed by atoms with Crippen molar-refractivity contribution in [2.45, 2.75) is 4.90 Å². The Labute approximate surface area is 102 Å². The fourth-order valence-corrected chi connectivity index (χ4v) is 2.41. The first kappa shape index (κ1) is 12.7. The van der Waals surface area contributed by atoms with Gasteiger partial charge in [-0.3, -0.25) is 0 Å². The molecule has 0 bridgehead atoms. The van der Waals surface area contributed by atoms with E-state index in [2.05, 4.69) is 12.1 Å². The summed E-state index contributed by atoms with van der Waals surface area (Å²) in [4.78, 5) is 5.04. The third-order valence-electron chi connectivity index (χ3n) is 2.39. The van der Waals surface area contributed by atoms with E-state index in [1.165, 1.54) is 0 Å². The number of hydrogen-bond donors (Lipinski definition) is 0. The molecule has 0 unspecified atom stereocenters. The molecule has 0 radical (unpaired) electrons. The minimum absolute atomic E-state index is 0.753. The van der Waals surface area contributed by atoms with Gasteiger partial charge in [-0.2, -0.15) is 5.26 Å². The maximum atomic E-state index is 9.28. The van der Waals surface area contributed by atoms with Crippen molar-refractivity contribution >= 4 is 23.1 Å². The first-order valence-electron chi connectivity index (χ1n) is 4.98. The summed E-state index contributed by atoms with van der Waals surface area (Å²) < 4.78 is 0. The topological polar surface area (TPSA) is 30.3 Å². The summed E-state index contributed by atoms with van der Waals surface area (Å²) >= 11 is 1.62. The number of nitrogens with zero attached hydrogens (tertiary/aromatic N) is 3. The number of anilines is 2. The number of rotatable bonds is 3. The molecule has 1 aromatic carbocycles. The zero-order chi connectivity index (χ0) is 12.3. The third-order valence-corrected chi connectivity index (χ3v) is 3.22. The van der Waals surface area contributed by atoms with Crippen molar-refractivity contribution in [2.24, 2.45) is 0 Å². The van der Waals surface area contributed by atoms with Gasteiger partial charge in [-0.05, 0) is 18.4 Å². The van der Waals surface area contributed by atoms with Crippen LogP contribution in [0.1, 0.15) is 5.56 Å². The first-order chi connectivity index (χ1) is 7.52. The van der Waals surface area contributed by atoms with E-state index in [-0.39, 0.29) is 0 Å². The maximum Gasteiger partial charge on any atom is 0.103 e. The van der Waals surface area contributed by atoms with Crippen molar-refractivity contribution in [1.82, 2.24) is 0 Å². The normalized spacial score (nSPS) is 9.75. The fourth-order valence-electron chi connectivity index (χ4n) is 1.60. The summed E-state index contributed by atoms with van der Waals surface area (Å²) in [7, 11) is 7.89. The zero-order valence-corrected chi connectivity index (χ0v) is 11.2. The molecule has 0 amide bonds. The van der Waals surface area contributed by atoms with E-state index in [4.69, 9.17) is 0 Å². The molecule has 0 saturated carbocycles. The Morgan fingerprint density at radius 2 is 1.56 bits per heavy atom. The molecule has 0 aliphatic rings. The van der Waals surface area contributed by atoms with Crippen LogP contribution in [0.3, 0.4) is 0 Å². The highest BCUT2D eigenvalue weighted by atomic mass is 32.2. The van der Waals surface area contributed by atoms with Gasteiger partial charge in [0.1, 0.15) is 6.07 Å². The summed E-state index contributed by atoms with van der Waals surface area (Å²) in [5, 5.41) is 9.28. The van der Waals surface area contributed by atoms with Crippen molar-refractivity contribution in [2.75, 3.05) is 44.2 Å². The minimum Gasteiger partial charge on any atom is -0.377 e. The van der Waals surface area contributed by atoms with Gasteiger partial charge in [-0.15, -0.1) is 11.8 Å². The Kier molecular flexibility index (Phi) is 4.08. The lowest BCUT2D eigenvalue weighted by molar-refractivity contribution is 1.07. The molecule has 16 heavy (non-hydrogen) atoms. The van der Waals surface area contributed by atoms with Crippen LogP contribution in [0.2, 0.25) is 0 Å². The van der Waals surface area contributed by atoms with Crippen LogP contribution in [0.15, 0.2) is 17.0 Å². The SMILES string of the molecule is CSc1c(N(C)C)ccc(N(C)C)c1C#N. The summed E-state index contributed by atoms with van der Waals surface area (Å²) in [6.45, 7) is 0. The van der Waals surface area contributed by atoms with Crippen molar-refractivity contribution in [3.8, 4) is 6.07 Å². The Morgan fingerprint density at radius 3 is 1.94 bits per heavy atom. The molecule has 1 rings (SSSR count). The lowest BCUT2D eigenvalue weighted by Gasteiger charge is -2.22. The Hall–Kier alpha value is -1.34. The molecule has 86 valence electrons. The Morgan fingerprint density at radius 1 is 1.06 bits per heavy atom. The predicted molar refractivity (Wildman–Crippen MR) is 71.6 cm³/mol. The van der Waals surface area contributed by atoms with Gasteiger partial charge in [0.05, 0.1) is 21.8 Å². The quantitative estimate of drug-likeness (QED) is 0.753. The molecular weight excluding hydrogens is 218 g/mol. The maximum absolute atomic E-state index is 9.28. The third kappa shape index (κ3) is 2.25. The standard InChI is InChI=1S/C12H17N3S/c1-14(2)10-6-7-11(15(3)4)12(16-5)9(10)8-13/h6-7H,1-5H3. The molecule has 0 spiro atoms. The van der Waals surface area contributed by atoms with Gasteiger partial charge < -0.3 is 9.80 Å². The first-order valence-corrected chi connectivity index (χ1v) is 6.21. The monoisotopic (exact) mass is 235 g/mol. The van der Waals surface area contributed by atoms with Crippen LogP contribution >= 0.6 is 11.8 Å². The molecule has 0 saturated heterocycles. The number of hydrogen-bond acceptors (Lipinski definition) is 4. The largest absolute Gasteiger partial charge is 0.377 e. The molecule has 0 fully saturated rings. The summed E-state index contributed by atoms with van der Waals surface area (Å²) in [6.07, 6.45) is 2.00. The van der Waals surface area contributed by atoms with Crippen molar-refractivity contribution < 1.29 is 0 Å². The van der Waals surface area contributed by atoms with E-state index in [0.29, 0.717) is 0 Å². The van der Waals surface area contributed by atoms with Crippen molar-refractivity contribution in [1.29, 1.82) is 5.26 Å². The van der Waals surface area contributed by atoms with E-state index in [1.54, 1.807) is 11.8 Å². The molecule has 3 nitrogen and oxygen atoms in total. The van der Waals surface area contributed by atoms with E-state index in [1.807, 2.05) is 50.3 Å². The van der Waals surface area contributed by atoms with E-state index in [0.717, 1.165) is 21.8 Å². The van der Waals surface area contributed by atoms with Gasteiger partial charge in [-0.1, -0.05) is 0 Å². The summed E-state index contributed by atoms with van der Waals surface area (Å²) in [5.41, 5.74) is 2.82. The van der Waals surface area contributed by atoms with Gasteiger partial charge >= 0.3 is 0 Å². The van der Waals surface area contributed by atoms with Crippen LogP contribution in [0.25, 0.3) is 0 Å². The number of thioether (sulfide) groups is 1. The van der Waals surface area contributed by atoms with Crippen LogP contribution in [-0.2, 0) is 0 Å². The van der Waals surface area contributed by atoms with Crippen LogP contribution in [0.4, 0.5) is 11.4 Å². The second kappa shape index (κ2) is 5.13. The molecular formula is C12H17N3S.